The molecule has 110 valence electrons. The van der Waals surface area contributed by atoms with Gasteiger partial charge in [-0.25, -0.2) is 10.1 Å². The molecular weight excluding hydrogens is 478 g/mol. The lowest BCUT2D eigenvalue weighted by atomic mass is 10.2. The van der Waals surface area contributed by atoms with Gasteiger partial charge in [0.25, 0.3) is 5.91 Å². The first-order valence-corrected chi connectivity index (χ1v) is 7.57. The van der Waals surface area contributed by atoms with Crippen molar-refractivity contribution in [2.75, 3.05) is 5.73 Å². The van der Waals surface area contributed by atoms with Crippen molar-refractivity contribution in [3.63, 3.8) is 0 Å². The number of amides is 1. The normalized spacial score (nSPS) is 11.0. The SMILES string of the molecule is Nc1nonc1C(=O)N/N=C/c1c(Br)cc(Br)c(O)c1Br. The summed E-state index contributed by atoms with van der Waals surface area (Å²) in [6.07, 6.45) is 1.34. The van der Waals surface area contributed by atoms with Gasteiger partial charge in [0, 0.05) is 10.0 Å². The van der Waals surface area contributed by atoms with Crippen LogP contribution in [0.1, 0.15) is 16.1 Å². The van der Waals surface area contributed by atoms with Crippen LogP contribution < -0.4 is 11.2 Å². The Labute approximate surface area is 143 Å². The van der Waals surface area contributed by atoms with Crippen molar-refractivity contribution >= 4 is 65.7 Å². The smallest absolute Gasteiger partial charge is 0.297 e. The number of nitrogens with two attached hydrogens (primary N) is 1. The Bertz CT molecular complexity index is 731. The van der Waals surface area contributed by atoms with E-state index >= 15 is 0 Å². The van der Waals surface area contributed by atoms with Crippen LogP contribution in [0.5, 0.6) is 5.75 Å². The van der Waals surface area contributed by atoms with Crippen molar-refractivity contribution in [3.05, 3.63) is 30.7 Å². The molecule has 1 heterocycles. The molecule has 0 saturated carbocycles. The molecule has 4 N–H and O–H groups in total. The Hall–Kier alpha value is -1.46. The molecule has 1 aromatic heterocycles. The maximum absolute atomic E-state index is 11.7. The van der Waals surface area contributed by atoms with Crippen molar-refractivity contribution in [1.82, 2.24) is 15.7 Å². The van der Waals surface area contributed by atoms with E-state index in [2.05, 4.69) is 73.3 Å². The third-order valence-electron chi connectivity index (χ3n) is 2.27. The van der Waals surface area contributed by atoms with Gasteiger partial charge in [-0.2, -0.15) is 5.10 Å². The number of halogens is 3. The molecule has 0 aliphatic carbocycles. The summed E-state index contributed by atoms with van der Waals surface area (Å²) in [5.41, 5.74) is 7.96. The number of aromatic hydroxyl groups is 1. The molecule has 0 aliphatic rings. The third kappa shape index (κ3) is 3.41. The minimum absolute atomic E-state index is 0.0101. The van der Waals surface area contributed by atoms with Crippen molar-refractivity contribution in [3.8, 4) is 5.75 Å². The van der Waals surface area contributed by atoms with E-state index in [0.29, 0.717) is 19.0 Å². The van der Waals surface area contributed by atoms with Crippen LogP contribution in [0.25, 0.3) is 0 Å². The molecule has 1 amide bonds. The molecule has 0 fully saturated rings. The van der Waals surface area contributed by atoms with E-state index in [1.807, 2.05) is 0 Å². The number of nitrogen functional groups attached to an aromatic ring is 1. The highest BCUT2D eigenvalue weighted by molar-refractivity contribution is 9.11. The van der Waals surface area contributed by atoms with Crippen molar-refractivity contribution < 1.29 is 14.5 Å². The number of carbonyl (C=O) groups is 1. The second-order valence-corrected chi connectivity index (χ2v) is 6.12. The molecule has 21 heavy (non-hydrogen) atoms. The van der Waals surface area contributed by atoms with Crippen LogP contribution >= 0.6 is 47.8 Å². The van der Waals surface area contributed by atoms with Gasteiger partial charge in [-0.15, -0.1) is 0 Å². The van der Waals surface area contributed by atoms with Gasteiger partial charge < -0.3 is 10.8 Å². The first kappa shape index (κ1) is 15.9. The van der Waals surface area contributed by atoms with Crippen LogP contribution in [0.15, 0.2) is 29.2 Å². The van der Waals surface area contributed by atoms with Crippen molar-refractivity contribution in [2.24, 2.45) is 5.10 Å². The summed E-state index contributed by atoms with van der Waals surface area (Å²) < 4.78 is 5.87. The highest BCUT2D eigenvalue weighted by atomic mass is 79.9. The van der Waals surface area contributed by atoms with E-state index in [9.17, 15) is 9.90 Å². The Balaban J connectivity index is 2.18. The molecule has 0 aliphatic heterocycles. The minimum atomic E-state index is -0.668. The highest BCUT2D eigenvalue weighted by Crippen LogP contribution is 2.38. The predicted molar refractivity (Wildman–Crippen MR) is 85.0 cm³/mol. The number of hydrazone groups is 1. The number of benzene rings is 1. The second kappa shape index (κ2) is 6.54. The molecule has 0 radical (unpaired) electrons. The lowest BCUT2D eigenvalue weighted by Crippen LogP contribution is -2.19. The average Bonchev–Trinajstić information content (AvgIpc) is 2.86. The van der Waals surface area contributed by atoms with Crippen LogP contribution in [0.4, 0.5) is 5.82 Å². The zero-order chi connectivity index (χ0) is 15.6. The summed E-state index contributed by atoms with van der Waals surface area (Å²) in [4.78, 5) is 11.7. The highest BCUT2D eigenvalue weighted by Gasteiger charge is 2.15. The fourth-order valence-corrected chi connectivity index (χ4v) is 3.60. The third-order valence-corrected chi connectivity index (χ3v) is 4.33. The number of hydrogen-bond donors (Lipinski definition) is 3. The fourth-order valence-electron chi connectivity index (χ4n) is 1.27. The van der Waals surface area contributed by atoms with Gasteiger partial charge in [-0.05, 0) is 48.2 Å². The number of phenolic OH excluding ortho intramolecular Hbond substituents is 1. The Kier molecular flexibility index (Phi) is 4.96. The summed E-state index contributed by atoms with van der Waals surface area (Å²) in [6.45, 7) is 0. The summed E-state index contributed by atoms with van der Waals surface area (Å²) >= 11 is 9.74. The quantitative estimate of drug-likeness (QED) is 0.454. The van der Waals surface area contributed by atoms with Gasteiger partial charge in [0.05, 0.1) is 15.2 Å². The van der Waals surface area contributed by atoms with Crippen LogP contribution in [-0.4, -0.2) is 27.5 Å². The standard InChI is InChI=1S/C10H6Br3N5O3/c11-4-1-5(12)8(19)6(13)3(4)2-15-16-10(20)7-9(14)18-21-17-7/h1-2,19H,(H2,14,18)(H,16,20)/b15-2+. The van der Waals surface area contributed by atoms with Gasteiger partial charge in [0.1, 0.15) is 5.75 Å². The topological polar surface area (TPSA) is 127 Å². The number of rotatable bonds is 3. The molecule has 0 unspecified atom stereocenters. The van der Waals surface area contributed by atoms with Crippen molar-refractivity contribution in [1.29, 1.82) is 0 Å². The van der Waals surface area contributed by atoms with Gasteiger partial charge in [-0.1, -0.05) is 15.9 Å². The van der Waals surface area contributed by atoms with Crippen LogP contribution in [-0.2, 0) is 0 Å². The van der Waals surface area contributed by atoms with E-state index in [4.69, 9.17) is 5.73 Å². The maximum atomic E-state index is 11.7. The Morgan fingerprint density at radius 2 is 2.10 bits per heavy atom. The van der Waals surface area contributed by atoms with Gasteiger partial charge in [0.2, 0.25) is 11.5 Å². The van der Waals surface area contributed by atoms with Gasteiger partial charge in [0.15, 0.2) is 0 Å². The van der Waals surface area contributed by atoms with Crippen LogP contribution in [0, 0.1) is 0 Å². The molecule has 0 atom stereocenters. The zero-order valence-corrected chi connectivity index (χ0v) is 14.7. The van der Waals surface area contributed by atoms with Crippen molar-refractivity contribution in [2.45, 2.75) is 0 Å². The van der Waals surface area contributed by atoms with Gasteiger partial charge in [-0.3, -0.25) is 4.79 Å². The number of aromatic nitrogens is 2. The number of nitrogens with one attached hydrogen (secondary N) is 1. The van der Waals surface area contributed by atoms with Crippen LogP contribution in [0.3, 0.4) is 0 Å². The van der Waals surface area contributed by atoms with E-state index in [0.717, 1.165) is 0 Å². The van der Waals surface area contributed by atoms with E-state index < -0.39 is 5.91 Å². The second-order valence-electron chi connectivity index (χ2n) is 3.61. The maximum Gasteiger partial charge on any atom is 0.297 e. The summed E-state index contributed by atoms with van der Waals surface area (Å²) in [5.74, 6) is -0.791. The Morgan fingerprint density at radius 3 is 2.71 bits per heavy atom. The molecule has 0 bridgehead atoms. The number of carbonyl (C=O) groups excluding carboxylic acids is 1. The lowest BCUT2D eigenvalue weighted by molar-refractivity contribution is 0.0946. The van der Waals surface area contributed by atoms with Gasteiger partial charge >= 0.3 is 0 Å². The largest absolute Gasteiger partial charge is 0.506 e. The van der Waals surface area contributed by atoms with Crippen LogP contribution in [0.2, 0.25) is 0 Å². The number of hydrogen-bond acceptors (Lipinski definition) is 7. The summed E-state index contributed by atoms with van der Waals surface area (Å²) in [6, 6.07) is 1.64. The van der Waals surface area contributed by atoms with E-state index in [1.165, 1.54) is 6.21 Å². The first-order valence-electron chi connectivity index (χ1n) is 5.19. The molecule has 1 aromatic carbocycles. The first-order chi connectivity index (χ1) is 9.91. The summed E-state index contributed by atoms with van der Waals surface area (Å²) in [7, 11) is 0. The number of anilines is 1. The molecule has 0 spiro atoms. The molecule has 11 heteroatoms. The average molecular weight is 484 g/mol. The number of nitrogens with zero attached hydrogens (tertiary/aromatic N) is 3. The molecule has 8 nitrogen and oxygen atoms in total. The predicted octanol–water partition coefficient (Wildman–Crippen LogP) is 2.41. The van der Waals surface area contributed by atoms with E-state index in [1.54, 1.807) is 6.07 Å². The number of phenols is 1. The zero-order valence-electron chi connectivity index (χ0n) is 9.97. The monoisotopic (exact) mass is 481 g/mol. The fraction of sp³-hybridized carbons (Fsp3) is 0. The lowest BCUT2D eigenvalue weighted by Gasteiger charge is -2.06. The molecule has 0 saturated heterocycles. The summed E-state index contributed by atoms with van der Waals surface area (Å²) in [5, 5.41) is 20.2. The molecule has 2 rings (SSSR count). The van der Waals surface area contributed by atoms with E-state index in [-0.39, 0.29) is 17.3 Å². The molecule has 2 aromatic rings. The molecular formula is C10H6Br3N5O3. The Morgan fingerprint density at radius 1 is 1.38 bits per heavy atom. The minimum Gasteiger partial charge on any atom is -0.506 e.